The van der Waals surface area contributed by atoms with Gasteiger partial charge in [-0.05, 0) is 49.6 Å². The average Bonchev–Trinajstić information content (AvgIpc) is 2.73. The first-order valence-corrected chi connectivity index (χ1v) is 7.55. The normalized spacial score (nSPS) is 26.6. The molecule has 0 bridgehead atoms. The van der Waals surface area contributed by atoms with E-state index in [1.165, 1.54) is 45.1 Å². The third-order valence-electron chi connectivity index (χ3n) is 3.55. The predicted molar refractivity (Wildman–Crippen MR) is 72.2 cm³/mol. The zero-order chi connectivity index (χ0) is 11.2. The van der Waals surface area contributed by atoms with Crippen molar-refractivity contribution in [1.29, 1.82) is 0 Å². The van der Waals surface area contributed by atoms with Crippen LogP contribution in [0.5, 0.6) is 0 Å². The second-order valence-corrected chi connectivity index (χ2v) is 5.86. The van der Waals surface area contributed by atoms with Crippen LogP contribution in [0.2, 0.25) is 0 Å². The molecule has 0 aromatic carbocycles. The molecule has 1 aliphatic rings. The lowest BCUT2D eigenvalue weighted by molar-refractivity contribution is 0.441. The van der Waals surface area contributed by atoms with E-state index in [0.29, 0.717) is 0 Å². The Morgan fingerprint density at radius 1 is 1.38 bits per heavy atom. The standard InChI is InChI=1S/C14H23NS/c1-2-9-15-13-7-4-3-6-12(11-13)14-8-5-10-16-14/h5,8,10,12-13,15H,2-4,6-7,9,11H2,1H3. The van der Waals surface area contributed by atoms with Gasteiger partial charge >= 0.3 is 0 Å². The smallest absolute Gasteiger partial charge is 0.00767 e. The van der Waals surface area contributed by atoms with E-state index in [-0.39, 0.29) is 0 Å². The van der Waals surface area contributed by atoms with Crippen LogP contribution in [0.1, 0.15) is 56.2 Å². The van der Waals surface area contributed by atoms with E-state index < -0.39 is 0 Å². The van der Waals surface area contributed by atoms with Crippen molar-refractivity contribution in [3.8, 4) is 0 Å². The van der Waals surface area contributed by atoms with Crippen molar-refractivity contribution in [2.75, 3.05) is 6.54 Å². The van der Waals surface area contributed by atoms with Crippen molar-refractivity contribution < 1.29 is 0 Å². The van der Waals surface area contributed by atoms with E-state index in [1.54, 1.807) is 4.88 Å². The van der Waals surface area contributed by atoms with Gasteiger partial charge in [0.15, 0.2) is 0 Å². The first-order chi connectivity index (χ1) is 7.90. The molecule has 1 nitrogen and oxygen atoms in total. The van der Waals surface area contributed by atoms with Crippen LogP contribution < -0.4 is 5.32 Å². The van der Waals surface area contributed by atoms with Gasteiger partial charge in [-0.15, -0.1) is 11.3 Å². The fourth-order valence-corrected chi connectivity index (χ4v) is 3.55. The van der Waals surface area contributed by atoms with Crippen LogP contribution in [0.3, 0.4) is 0 Å². The molecule has 16 heavy (non-hydrogen) atoms. The molecule has 1 saturated carbocycles. The maximum Gasteiger partial charge on any atom is 0.00767 e. The maximum atomic E-state index is 3.71. The van der Waals surface area contributed by atoms with Gasteiger partial charge in [-0.3, -0.25) is 0 Å². The van der Waals surface area contributed by atoms with Crippen molar-refractivity contribution in [2.45, 2.75) is 57.4 Å². The number of hydrogen-bond donors (Lipinski definition) is 1. The third kappa shape index (κ3) is 3.33. The number of hydrogen-bond acceptors (Lipinski definition) is 2. The Kier molecular flexibility index (Phi) is 4.86. The molecule has 1 N–H and O–H groups in total. The van der Waals surface area contributed by atoms with Crippen LogP contribution >= 0.6 is 11.3 Å². The third-order valence-corrected chi connectivity index (χ3v) is 4.59. The average molecular weight is 237 g/mol. The SMILES string of the molecule is CCCNC1CCCCC(c2cccs2)C1. The summed E-state index contributed by atoms with van der Waals surface area (Å²) >= 11 is 1.94. The quantitative estimate of drug-likeness (QED) is 0.775. The summed E-state index contributed by atoms with van der Waals surface area (Å²) in [7, 11) is 0. The Morgan fingerprint density at radius 3 is 3.00 bits per heavy atom. The van der Waals surface area contributed by atoms with E-state index in [4.69, 9.17) is 0 Å². The molecule has 1 fully saturated rings. The molecule has 0 radical (unpaired) electrons. The molecule has 1 aromatic heterocycles. The lowest BCUT2D eigenvalue weighted by Gasteiger charge is -2.20. The predicted octanol–water partition coefficient (Wildman–Crippen LogP) is 4.16. The summed E-state index contributed by atoms with van der Waals surface area (Å²) in [5, 5.41) is 5.92. The summed E-state index contributed by atoms with van der Waals surface area (Å²) in [6.07, 6.45) is 8.18. The van der Waals surface area contributed by atoms with Crippen LogP contribution in [0, 0.1) is 0 Å². The van der Waals surface area contributed by atoms with Gasteiger partial charge in [0.1, 0.15) is 0 Å². The summed E-state index contributed by atoms with van der Waals surface area (Å²) in [6.45, 7) is 3.43. The van der Waals surface area contributed by atoms with Gasteiger partial charge in [-0.1, -0.05) is 25.8 Å². The first kappa shape index (κ1) is 12.1. The molecule has 0 saturated heterocycles. The Labute approximate surface area is 103 Å². The Bertz CT molecular complexity index is 281. The number of nitrogens with one attached hydrogen (secondary N) is 1. The Balaban J connectivity index is 1.93. The zero-order valence-corrected chi connectivity index (χ0v) is 11.1. The number of rotatable bonds is 4. The Hall–Kier alpha value is -0.340. The van der Waals surface area contributed by atoms with Crippen molar-refractivity contribution >= 4 is 11.3 Å². The van der Waals surface area contributed by atoms with Crippen LogP contribution in [0.25, 0.3) is 0 Å². The molecule has 2 atom stereocenters. The minimum absolute atomic E-state index is 0.759. The molecule has 90 valence electrons. The van der Waals surface area contributed by atoms with Crippen molar-refractivity contribution in [3.63, 3.8) is 0 Å². The van der Waals surface area contributed by atoms with E-state index in [9.17, 15) is 0 Å². The largest absolute Gasteiger partial charge is 0.314 e. The lowest BCUT2D eigenvalue weighted by Crippen LogP contribution is -2.30. The van der Waals surface area contributed by atoms with Gasteiger partial charge in [0.2, 0.25) is 0 Å². The summed E-state index contributed by atoms with van der Waals surface area (Å²) in [5.74, 6) is 0.817. The topological polar surface area (TPSA) is 12.0 Å². The molecule has 2 rings (SSSR count). The van der Waals surface area contributed by atoms with Crippen molar-refractivity contribution in [1.82, 2.24) is 5.32 Å². The minimum atomic E-state index is 0.759. The Morgan fingerprint density at radius 2 is 2.25 bits per heavy atom. The molecule has 1 aliphatic carbocycles. The van der Waals surface area contributed by atoms with E-state index in [2.05, 4.69) is 29.8 Å². The van der Waals surface area contributed by atoms with E-state index >= 15 is 0 Å². The highest BCUT2D eigenvalue weighted by Gasteiger charge is 2.21. The molecule has 2 unspecified atom stereocenters. The molecule has 2 heteroatoms. The molecule has 1 aromatic rings. The fourth-order valence-electron chi connectivity index (χ4n) is 2.68. The zero-order valence-electron chi connectivity index (χ0n) is 10.2. The fraction of sp³-hybridized carbons (Fsp3) is 0.714. The molecule has 0 spiro atoms. The highest BCUT2D eigenvalue weighted by Crippen LogP contribution is 2.34. The number of thiophene rings is 1. The van der Waals surface area contributed by atoms with E-state index in [0.717, 1.165) is 12.0 Å². The van der Waals surface area contributed by atoms with Gasteiger partial charge in [-0.2, -0.15) is 0 Å². The van der Waals surface area contributed by atoms with Crippen LogP contribution in [-0.4, -0.2) is 12.6 Å². The lowest BCUT2D eigenvalue weighted by atomic mass is 9.96. The molecule has 0 aliphatic heterocycles. The second-order valence-electron chi connectivity index (χ2n) is 4.88. The molecule has 1 heterocycles. The highest BCUT2D eigenvalue weighted by molar-refractivity contribution is 7.10. The highest BCUT2D eigenvalue weighted by atomic mass is 32.1. The van der Waals surface area contributed by atoms with Gasteiger partial charge in [0.25, 0.3) is 0 Å². The summed E-state index contributed by atoms with van der Waals surface area (Å²) < 4.78 is 0. The van der Waals surface area contributed by atoms with Gasteiger partial charge < -0.3 is 5.32 Å². The van der Waals surface area contributed by atoms with Crippen LogP contribution in [0.15, 0.2) is 17.5 Å². The van der Waals surface area contributed by atoms with Crippen molar-refractivity contribution in [3.05, 3.63) is 22.4 Å². The maximum absolute atomic E-state index is 3.71. The molecule has 0 amide bonds. The van der Waals surface area contributed by atoms with Crippen LogP contribution in [0.4, 0.5) is 0 Å². The van der Waals surface area contributed by atoms with Crippen molar-refractivity contribution in [2.24, 2.45) is 0 Å². The second kappa shape index (κ2) is 6.41. The van der Waals surface area contributed by atoms with E-state index in [1.807, 2.05) is 11.3 Å². The monoisotopic (exact) mass is 237 g/mol. The summed E-state index contributed by atoms with van der Waals surface area (Å²) in [5.41, 5.74) is 0. The summed E-state index contributed by atoms with van der Waals surface area (Å²) in [6, 6.07) is 5.27. The first-order valence-electron chi connectivity index (χ1n) is 6.67. The molecular weight excluding hydrogens is 214 g/mol. The summed E-state index contributed by atoms with van der Waals surface area (Å²) in [4.78, 5) is 1.60. The van der Waals surface area contributed by atoms with Gasteiger partial charge in [-0.25, -0.2) is 0 Å². The minimum Gasteiger partial charge on any atom is -0.314 e. The van der Waals surface area contributed by atoms with Crippen LogP contribution in [-0.2, 0) is 0 Å². The van der Waals surface area contributed by atoms with Gasteiger partial charge in [0.05, 0.1) is 0 Å². The van der Waals surface area contributed by atoms with Gasteiger partial charge in [0, 0.05) is 10.9 Å². The molecular formula is C14H23NS.